The number of thiophene rings is 1. The van der Waals surface area contributed by atoms with Crippen molar-refractivity contribution in [2.75, 3.05) is 5.75 Å². The maximum Gasteiger partial charge on any atom is 0.110 e. The molecule has 2 rings (SSSR count). The predicted octanol–water partition coefficient (Wildman–Crippen LogP) is 3.22. The topological polar surface area (TPSA) is 20.2 Å². The third-order valence-corrected chi connectivity index (χ3v) is 5.68. The minimum absolute atomic E-state index is 0.569. The zero-order chi connectivity index (χ0) is 9.47. The first-order valence-electron chi connectivity index (χ1n) is 4.19. The van der Waals surface area contributed by atoms with Crippen LogP contribution in [0, 0.1) is 0 Å². The first-order chi connectivity index (χ1) is 6.12. The molecule has 1 aromatic heterocycles. The van der Waals surface area contributed by atoms with Gasteiger partial charge in [0.1, 0.15) is 5.60 Å². The van der Waals surface area contributed by atoms with Gasteiger partial charge >= 0.3 is 0 Å². The Bertz CT molecular complexity index is 312. The van der Waals surface area contributed by atoms with Gasteiger partial charge in [-0.25, -0.2) is 0 Å². The van der Waals surface area contributed by atoms with Crippen LogP contribution in [-0.2, 0) is 5.60 Å². The minimum Gasteiger partial charge on any atom is -0.383 e. The number of thioether (sulfide) groups is 1. The Hall–Kier alpha value is 0.490. The molecular weight excluding hydrogens is 268 g/mol. The number of hydrogen-bond donors (Lipinski definition) is 1. The summed E-state index contributed by atoms with van der Waals surface area (Å²) >= 11 is 6.96. The van der Waals surface area contributed by atoms with Crippen LogP contribution in [0.3, 0.4) is 0 Å². The van der Waals surface area contributed by atoms with Gasteiger partial charge < -0.3 is 5.11 Å². The molecule has 1 aliphatic heterocycles. The molecule has 1 saturated heterocycles. The fourth-order valence-corrected chi connectivity index (χ4v) is 4.82. The van der Waals surface area contributed by atoms with E-state index in [1.54, 1.807) is 11.3 Å². The summed E-state index contributed by atoms with van der Waals surface area (Å²) in [4.78, 5) is 1.09. The smallest absolute Gasteiger partial charge is 0.110 e. The lowest BCUT2D eigenvalue weighted by Gasteiger charge is -2.20. The largest absolute Gasteiger partial charge is 0.383 e. The summed E-state index contributed by atoms with van der Waals surface area (Å²) in [6, 6.07) is 2.01. The lowest BCUT2D eigenvalue weighted by Crippen LogP contribution is -2.24. The van der Waals surface area contributed by atoms with Gasteiger partial charge in [-0.1, -0.05) is 6.92 Å². The van der Waals surface area contributed by atoms with E-state index in [9.17, 15) is 5.11 Å². The molecule has 72 valence electrons. The third kappa shape index (κ3) is 1.82. The van der Waals surface area contributed by atoms with Crippen molar-refractivity contribution in [3.05, 3.63) is 20.8 Å². The maximum atomic E-state index is 10.4. The van der Waals surface area contributed by atoms with Crippen LogP contribution in [0.4, 0.5) is 0 Å². The molecule has 1 aromatic rings. The van der Waals surface area contributed by atoms with Crippen LogP contribution in [0.15, 0.2) is 15.9 Å². The number of halogens is 1. The van der Waals surface area contributed by atoms with Crippen molar-refractivity contribution < 1.29 is 5.11 Å². The van der Waals surface area contributed by atoms with Crippen molar-refractivity contribution in [2.45, 2.75) is 24.2 Å². The molecule has 0 radical (unpaired) electrons. The average molecular weight is 279 g/mol. The first-order valence-corrected chi connectivity index (χ1v) is 6.91. The zero-order valence-corrected chi connectivity index (χ0v) is 10.5. The highest BCUT2D eigenvalue weighted by Gasteiger charge is 2.39. The van der Waals surface area contributed by atoms with Gasteiger partial charge in [0.2, 0.25) is 0 Å². The van der Waals surface area contributed by atoms with E-state index >= 15 is 0 Å². The quantitative estimate of drug-likeness (QED) is 0.851. The number of hydrogen-bond acceptors (Lipinski definition) is 3. The summed E-state index contributed by atoms with van der Waals surface area (Å²) in [7, 11) is 0. The predicted molar refractivity (Wildman–Crippen MR) is 62.5 cm³/mol. The Morgan fingerprint density at radius 3 is 2.92 bits per heavy atom. The van der Waals surface area contributed by atoms with Gasteiger partial charge in [0.15, 0.2) is 0 Å². The van der Waals surface area contributed by atoms with Crippen molar-refractivity contribution in [1.29, 1.82) is 0 Å². The normalized spacial score (nSPS) is 33.9. The van der Waals surface area contributed by atoms with Gasteiger partial charge in [-0.2, -0.15) is 11.8 Å². The summed E-state index contributed by atoms with van der Waals surface area (Å²) in [6.07, 6.45) is 0.872. The molecular formula is C9H11BrOS2. The van der Waals surface area contributed by atoms with E-state index in [1.807, 2.05) is 23.2 Å². The first kappa shape index (κ1) is 10.0. The lowest BCUT2D eigenvalue weighted by atomic mass is 9.99. The highest BCUT2D eigenvalue weighted by molar-refractivity contribution is 9.10. The van der Waals surface area contributed by atoms with Gasteiger partial charge in [0.25, 0.3) is 0 Å². The summed E-state index contributed by atoms with van der Waals surface area (Å²) < 4.78 is 1.05. The van der Waals surface area contributed by atoms with Crippen LogP contribution in [0.5, 0.6) is 0 Å². The molecule has 0 saturated carbocycles. The van der Waals surface area contributed by atoms with E-state index in [0.29, 0.717) is 5.25 Å². The summed E-state index contributed by atoms with van der Waals surface area (Å²) in [5, 5.41) is 12.9. The highest BCUT2D eigenvalue weighted by Crippen LogP contribution is 2.45. The van der Waals surface area contributed by atoms with E-state index < -0.39 is 5.60 Å². The van der Waals surface area contributed by atoms with Crippen molar-refractivity contribution in [2.24, 2.45) is 0 Å². The monoisotopic (exact) mass is 278 g/mol. The van der Waals surface area contributed by atoms with E-state index in [0.717, 1.165) is 21.5 Å². The zero-order valence-electron chi connectivity index (χ0n) is 7.29. The van der Waals surface area contributed by atoms with Crippen molar-refractivity contribution in [1.82, 2.24) is 0 Å². The second-order valence-electron chi connectivity index (χ2n) is 3.45. The maximum absolute atomic E-state index is 10.4. The van der Waals surface area contributed by atoms with Gasteiger partial charge in [-0.05, 0) is 33.8 Å². The molecule has 1 fully saturated rings. The molecule has 1 aliphatic rings. The van der Waals surface area contributed by atoms with E-state index in [1.165, 1.54) is 0 Å². The van der Waals surface area contributed by atoms with Crippen LogP contribution < -0.4 is 0 Å². The molecule has 2 atom stereocenters. The van der Waals surface area contributed by atoms with Crippen molar-refractivity contribution >= 4 is 39.0 Å². The van der Waals surface area contributed by atoms with E-state index in [-0.39, 0.29) is 0 Å². The minimum atomic E-state index is -0.586. The molecule has 4 heteroatoms. The van der Waals surface area contributed by atoms with Crippen LogP contribution >= 0.6 is 39.0 Å². The van der Waals surface area contributed by atoms with Crippen LogP contribution in [0.1, 0.15) is 18.2 Å². The number of aliphatic hydroxyl groups is 1. The molecule has 0 aliphatic carbocycles. The molecule has 1 N–H and O–H groups in total. The van der Waals surface area contributed by atoms with Gasteiger partial charge in [-0.3, -0.25) is 0 Å². The standard InChI is InChI=1S/C9H11BrOS2/c1-6-4-9(11,5-13-6)8-7(10)2-3-12-8/h2-3,6,11H,4-5H2,1H3. The summed E-state index contributed by atoms with van der Waals surface area (Å²) in [6.45, 7) is 2.17. The molecule has 2 heterocycles. The Morgan fingerprint density at radius 2 is 2.46 bits per heavy atom. The Kier molecular flexibility index (Phi) is 2.75. The van der Waals surface area contributed by atoms with Crippen LogP contribution in [0.2, 0.25) is 0 Å². The Morgan fingerprint density at radius 1 is 1.69 bits per heavy atom. The van der Waals surface area contributed by atoms with E-state index in [2.05, 4.69) is 22.9 Å². The molecule has 0 aromatic carbocycles. The molecule has 0 spiro atoms. The summed E-state index contributed by atoms with van der Waals surface area (Å²) in [5.41, 5.74) is -0.586. The molecule has 1 nitrogen and oxygen atoms in total. The molecule has 0 amide bonds. The number of rotatable bonds is 1. The van der Waals surface area contributed by atoms with Crippen molar-refractivity contribution in [3.8, 4) is 0 Å². The Balaban J connectivity index is 2.30. The molecule has 13 heavy (non-hydrogen) atoms. The Labute approximate surface area is 94.7 Å². The fourth-order valence-electron chi connectivity index (χ4n) is 1.66. The lowest BCUT2D eigenvalue weighted by molar-refractivity contribution is 0.0644. The second-order valence-corrected chi connectivity index (χ2v) is 6.65. The van der Waals surface area contributed by atoms with Gasteiger partial charge in [0.05, 0.1) is 4.88 Å². The fraction of sp³-hybridized carbons (Fsp3) is 0.556. The van der Waals surface area contributed by atoms with Gasteiger partial charge in [-0.15, -0.1) is 11.3 Å². The average Bonchev–Trinajstić information content (AvgIpc) is 2.59. The van der Waals surface area contributed by atoms with Gasteiger partial charge in [0, 0.05) is 15.5 Å². The molecule has 2 unspecified atom stereocenters. The third-order valence-electron chi connectivity index (χ3n) is 2.27. The highest BCUT2D eigenvalue weighted by atomic mass is 79.9. The van der Waals surface area contributed by atoms with Crippen LogP contribution in [0.25, 0.3) is 0 Å². The SMILES string of the molecule is CC1CC(O)(c2sccc2Br)CS1. The van der Waals surface area contributed by atoms with E-state index in [4.69, 9.17) is 0 Å². The second kappa shape index (κ2) is 3.57. The van der Waals surface area contributed by atoms with Crippen molar-refractivity contribution in [3.63, 3.8) is 0 Å². The molecule has 0 bridgehead atoms. The summed E-state index contributed by atoms with van der Waals surface area (Å²) in [5.74, 6) is 0.827. The van der Waals surface area contributed by atoms with Crippen LogP contribution in [-0.4, -0.2) is 16.1 Å².